The fraction of sp³-hybridized carbons (Fsp3) is 0.625. The van der Waals surface area contributed by atoms with Gasteiger partial charge in [0.2, 0.25) is 0 Å². The van der Waals surface area contributed by atoms with Crippen molar-refractivity contribution < 1.29 is 4.79 Å². The van der Waals surface area contributed by atoms with Crippen molar-refractivity contribution in [3.63, 3.8) is 0 Å². The normalized spacial score (nSPS) is 18.5. The second kappa shape index (κ2) is 5.32. The minimum absolute atomic E-state index is 0.103. The van der Waals surface area contributed by atoms with E-state index in [-0.39, 0.29) is 11.2 Å². The van der Waals surface area contributed by atoms with Gasteiger partial charge in [0, 0.05) is 25.1 Å². The van der Waals surface area contributed by atoms with Gasteiger partial charge in [0.05, 0.1) is 5.69 Å². The lowest BCUT2D eigenvalue weighted by molar-refractivity contribution is -0.117. The monoisotopic (exact) mass is 260 g/mol. The summed E-state index contributed by atoms with van der Waals surface area (Å²) in [5, 5.41) is 4.57. The average molecular weight is 260 g/mol. The highest BCUT2D eigenvalue weighted by molar-refractivity contribution is 5.91. The van der Waals surface area contributed by atoms with Crippen molar-refractivity contribution in [2.24, 2.45) is 5.41 Å². The van der Waals surface area contributed by atoms with Crippen LogP contribution in [0.1, 0.15) is 51.9 Å². The van der Waals surface area contributed by atoms with Gasteiger partial charge < -0.3 is 0 Å². The van der Waals surface area contributed by atoms with Crippen molar-refractivity contribution in [1.29, 1.82) is 0 Å². The van der Waals surface area contributed by atoms with E-state index in [2.05, 4.69) is 43.5 Å². The number of hydrogen-bond donors (Lipinski definition) is 0. The summed E-state index contributed by atoms with van der Waals surface area (Å²) in [5.41, 5.74) is 3.72. The summed E-state index contributed by atoms with van der Waals surface area (Å²) >= 11 is 0. The Morgan fingerprint density at radius 3 is 2.63 bits per heavy atom. The van der Waals surface area contributed by atoms with Crippen LogP contribution in [0.4, 0.5) is 0 Å². The second-order valence-electron chi connectivity index (χ2n) is 6.26. The van der Waals surface area contributed by atoms with Gasteiger partial charge in [-0.1, -0.05) is 26.3 Å². The topological polar surface area (TPSA) is 34.9 Å². The summed E-state index contributed by atoms with van der Waals surface area (Å²) < 4.78 is 2.06. The number of hydrogen-bond acceptors (Lipinski definition) is 2. The zero-order chi connectivity index (χ0) is 14.0. The molecule has 1 aliphatic carbocycles. The Morgan fingerprint density at radius 1 is 1.32 bits per heavy atom. The Bertz CT molecular complexity index is 509. The molecule has 104 valence electrons. The molecule has 2 rings (SSSR count). The van der Waals surface area contributed by atoms with E-state index in [4.69, 9.17) is 0 Å². The maximum Gasteiger partial charge on any atom is 0.156 e. The average Bonchev–Trinajstić information content (AvgIpc) is 2.68. The molecule has 1 aromatic rings. The van der Waals surface area contributed by atoms with Crippen molar-refractivity contribution >= 4 is 5.78 Å². The smallest absolute Gasteiger partial charge is 0.156 e. The van der Waals surface area contributed by atoms with E-state index in [1.165, 1.54) is 11.3 Å². The molecule has 0 atom stereocenters. The number of allylic oxidation sites excluding steroid dienone is 2. The molecule has 0 N–H and O–H groups in total. The molecule has 1 heterocycles. The lowest BCUT2D eigenvalue weighted by Gasteiger charge is -2.28. The van der Waals surface area contributed by atoms with Crippen molar-refractivity contribution in [2.45, 2.75) is 59.9 Å². The number of carbonyl (C=O) groups is 1. The first-order chi connectivity index (χ1) is 8.93. The number of nitrogens with zero attached hydrogens (tertiary/aromatic N) is 2. The molecule has 3 heteroatoms. The van der Waals surface area contributed by atoms with Crippen LogP contribution in [-0.2, 0) is 24.2 Å². The third kappa shape index (κ3) is 3.34. The minimum atomic E-state index is 0.103. The summed E-state index contributed by atoms with van der Waals surface area (Å²) in [6.45, 7) is 9.47. The van der Waals surface area contributed by atoms with Crippen molar-refractivity contribution in [3.05, 3.63) is 29.1 Å². The molecule has 1 aromatic heterocycles. The standard InChI is InChI=1S/C16H24N2O/c1-5-13-9-14(18(6-2)17-13)7-12-8-15(19)11-16(3,4)10-12/h8-9H,5-7,10-11H2,1-4H3. The van der Waals surface area contributed by atoms with E-state index >= 15 is 0 Å². The molecule has 0 unspecified atom stereocenters. The van der Waals surface area contributed by atoms with E-state index in [1.54, 1.807) is 0 Å². The number of aromatic nitrogens is 2. The van der Waals surface area contributed by atoms with Crippen molar-refractivity contribution in [2.75, 3.05) is 0 Å². The Morgan fingerprint density at radius 2 is 2.05 bits per heavy atom. The summed E-state index contributed by atoms with van der Waals surface area (Å²) in [6.07, 6.45) is 5.35. The van der Waals surface area contributed by atoms with Gasteiger partial charge in [-0.05, 0) is 37.3 Å². The van der Waals surface area contributed by atoms with Gasteiger partial charge in [0.1, 0.15) is 0 Å². The molecule has 3 nitrogen and oxygen atoms in total. The molecule has 0 aliphatic heterocycles. The van der Waals surface area contributed by atoms with Gasteiger partial charge in [0.25, 0.3) is 0 Å². The van der Waals surface area contributed by atoms with Crippen LogP contribution in [0.15, 0.2) is 17.7 Å². The van der Waals surface area contributed by atoms with Gasteiger partial charge in [-0.25, -0.2) is 0 Å². The number of carbonyl (C=O) groups excluding carboxylic acids is 1. The molecule has 0 saturated heterocycles. The van der Waals surface area contributed by atoms with Crippen LogP contribution in [-0.4, -0.2) is 15.6 Å². The van der Waals surface area contributed by atoms with Crippen LogP contribution in [0.5, 0.6) is 0 Å². The predicted octanol–water partition coefficient (Wildman–Crippen LogP) is 3.32. The van der Waals surface area contributed by atoms with Crippen LogP contribution in [0.2, 0.25) is 0 Å². The maximum absolute atomic E-state index is 11.8. The van der Waals surface area contributed by atoms with Crippen molar-refractivity contribution in [3.8, 4) is 0 Å². The molecule has 0 fully saturated rings. The second-order valence-corrected chi connectivity index (χ2v) is 6.26. The number of aryl methyl sites for hydroxylation is 2. The highest BCUT2D eigenvalue weighted by Crippen LogP contribution is 2.34. The first-order valence-corrected chi connectivity index (χ1v) is 7.21. The van der Waals surface area contributed by atoms with E-state index < -0.39 is 0 Å². The van der Waals surface area contributed by atoms with Crippen LogP contribution in [0.25, 0.3) is 0 Å². The summed E-state index contributed by atoms with van der Waals surface area (Å²) in [6, 6.07) is 2.18. The van der Waals surface area contributed by atoms with Gasteiger partial charge in [-0.15, -0.1) is 0 Å². The van der Waals surface area contributed by atoms with E-state index in [0.29, 0.717) is 6.42 Å². The van der Waals surface area contributed by atoms with E-state index in [0.717, 1.165) is 31.5 Å². The zero-order valence-electron chi connectivity index (χ0n) is 12.5. The molecule has 0 aromatic carbocycles. The Balaban J connectivity index is 2.21. The third-order valence-electron chi connectivity index (χ3n) is 3.71. The van der Waals surface area contributed by atoms with Crippen LogP contribution >= 0.6 is 0 Å². The van der Waals surface area contributed by atoms with Crippen LogP contribution < -0.4 is 0 Å². The fourth-order valence-electron chi connectivity index (χ4n) is 2.93. The molecule has 19 heavy (non-hydrogen) atoms. The highest BCUT2D eigenvalue weighted by Gasteiger charge is 2.27. The first kappa shape index (κ1) is 14.0. The lowest BCUT2D eigenvalue weighted by atomic mass is 9.76. The minimum Gasteiger partial charge on any atom is -0.295 e. The van der Waals surface area contributed by atoms with Crippen LogP contribution in [0, 0.1) is 5.41 Å². The zero-order valence-corrected chi connectivity index (χ0v) is 12.5. The van der Waals surface area contributed by atoms with Crippen LogP contribution in [0.3, 0.4) is 0 Å². The largest absolute Gasteiger partial charge is 0.295 e. The quantitative estimate of drug-likeness (QED) is 0.832. The fourth-order valence-corrected chi connectivity index (χ4v) is 2.93. The summed E-state index contributed by atoms with van der Waals surface area (Å²) in [7, 11) is 0. The molecular formula is C16H24N2O. The Hall–Kier alpha value is -1.38. The SMILES string of the molecule is CCc1cc(CC2=CC(=O)CC(C)(C)C2)n(CC)n1. The molecule has 0 saturated carbocycles. The van der Waals surface area contributed by atoms with Gasteiger partial charge in [0.15, 0.2) is 5.78 Å². The first-order valence-electron chi connectivity index (χ1n) is 7.21. The van der Waals surface area contributed by atoms with E-state index in [9.17, 15) is 4.79 Å². The molecule has 0 amide bonds. The number of rotatable bonds is 4. The van der Waals surface area contributed by atoms with E-state index in [1.807, 2.05) is 6.08 Å². The number of ketones is 1. The molecular weight excluding hydrogens is 236 g/mol. The Labute approximate surface area is 115 Å². The molecule has 0 spiro atoms. The lowest BCUT2D eigenvalue weighted by Crippen LogP contribution is -2.22. The summed E-state index contributed by atoms with van der Waals surface area (Å²) in [4.78, 5) is 11.8. The van der Waals surface area contributed by atoms with Gasteiger partial charge in [-0.3, -0.25) is 9.48 Å². The summed E-state index contributed by atoms with van der Waals surface area (Å²) in [5.74, 6) is 0.268. The van der Waals surface area contributed by atoms with Gasteiger partial charge in [-0.2, -0.15) is 5.10 Å². The molecule has 1 aliphatic rings. The highest BCUT2D eigenvalue weighted by atomic mass is 16.1. The Kier molecular flexibility index (Phi) is 3.93. The predicted molar refractivity (Wildman–Crippen MR) is 77.1 cm³/mol. The van der Waals surface area contributed by atoms with Crippen molar-refractivity contribution in [1.82, 2.24) is 9.78 Å². The van der Waals surface area contributed by atoms with Gasteiger partial charge >= 0.3 is 0 Å². The molecule has 0 bridgehead atoms. The third-order valence-corrected chi connectivity index (χ3v) is 3.71. The maximum atomic E-state index is 11.8. The molecule has 0 radical (unpaired) electrons.